The number of benzene rings is 1. The molecule has 0 radical (unpaired) electrons. The number of pyridine rings is 1. The molecular weight excluding hydrogens is 324 g/mol. The van der Waals surface area contributed by atoms with Crippen LogP contribution in [-0.4, -0.2) is 39.3 Å². The maximum absolute atomic E-state index is 12.3. The SMILES string of the molecule is CC(N)C(=O)N1CCC(c2ccccc2)(c2cn3ccccc3n2)CC1. The molecule has 1 aliphatic rings. The van der Waals surface area contributed by atoms with Gasteiger partial charge in [-0.3, -0.25) is 4.79 Å². The van der Waals surface area contributed by atoms with Crippen LogP contribution in [0.15, 0.2) is 60.9 Å². The predicted octanol–water partition coefficient (Wildman–Crippen LogP) is 2.59. The van der Waals surface area contributed by atoms with E-state index in [1.165, 1.54) is 5.56 Å². The molecule has 1 atom stereocenters. The molecule has 5 heteroatoms. The van der Waals surface area contributed by atoms with E-state index in [0.717, 1.165) is 24.2 Å². The summed E-state index contributed by atoms with van der Waals surface area (Å²) in [5.74, 6) is 0.0293. The lowest BCUT2D eigenvalue weighted by atomic mass is 9.70. The number of amides is 1. The Labute approximate surface area is 153 Å². The largest absolute Gasteiger partial charge is 0.341 e. The monoisotopic (exact) mass is 348 g/mol. The third-order valence-electron chi connectivity index (χ3n) is 5.50. The number of imidazole rings is 1. The van der Waals surface area contributed by atoms with E-state index in [0.29, 0.717) is 13.1 Å². The number of aromatic nitrogens is 2. The Morgan fingerprint density at radius 3 is 2.46 bits per heavy atom. The van der Waals surface area contributed by atoms with Crippen molar-refractivity contribution in [3.05, 3.63) is 72.2 Å². The van der Waals surface area contributed by atoms with Crippen molar-refractivity contribution in [3.8, 4) is 0 Å². The maximum Gasteiger partial charge on any atom is 0.239 e. The number of carbonyl (C=O) groups is 1. The van der Waals surface area contributed by atoms with E-state index in [1.807, 2.05) is 35.4 Å². The van der Waals surface area contributed by atoms with Crippen LogP contribution in [0.2, 0.25) is 0 Å². The molecule has 1 aromatic carbocycles. The topological polar surface area (TPSA) is 63.6 Å². The first-order valence-electron chi connectivity index (χ1n) is 9.14. The summed E-state index contributed by atoms with van der Waals surface area (Å²) in [6.07, 6.45) is 5.85. The summed E-state index contributed by atoms with van der Waals surface area (Å²) in [7, 11) is 0. The van der Waals surface area contributed by atoms with Crippen LogP contribution in [0.5, 0.6) is 0 Å². The van der Waals surface area contributed by atoms with Crippen LogP contribution >= 0.6 is 0 Å². The van der Waals surface area contributed by atoms with Gasteiger partial charge in [0.15, 0.2) is 0 Å². The number of hydrogen-bond acceptors (Lipinski definition) is 3. The number of rotatable bonds is 3. The molecule has 2 aromatic heterocycles. The van der Waals surface area contributed by atoms with Gasteiger partial charge in [-0.15, -0.1) is 0 Å². The minimum absolute atomic E-state index is 0.0293. The average molecular weight is 348 g/mol. The normalized spacial score (nSPS) is 18.0. The predicted molar refractivity (Wildman–Crippen MR) is 102 cm³/mol. The molecule has 26 heavy (non-hydrogen) atoms. The summed E-state index contributed by atoms with van der Waals surface area (Å²) in [6, 6.07) is 16.1. The molecule has 2 N–H and O–H groups in total. The first kappa shape index (κ1) is 16.8. The maximum atomic E-state index is 12.3. The number of carbonyl (C=O) groups excluding carboxylic acids is 1. The van der Waals surface area contributed by atoms with Gasteiger partial charge in [-0.25, -0.2) is 4.98 Å². The third-order valence-corrected chi connectivity index (χ3v) is 5.50. The Kier molecular flexibility index (Phi) is 4.24. The van der Waals surface area contributed by atoms with Crippen molar-refractivity contribution < 1.29 is 4.79 Å². The molecule has 5 nitrogen and oxygen atoms in total. The van der Waals surface area contributed by atoms with Crippen LogP contribution in [-0.2, 0) is 10.2 Å². The number of nitrogens with zero attached hydrogens (tertiary/aromatic N) is 3. The van der Waals surface area contributed by atoms with Crippen LogP contribution in [0.3, 0.4) is 0 Å². The van der Waals surface area contributed by atoms with E-state index in [4.69, 9.17) is 10.7 Å². The summed E-state index contributed by atoms with van der Waals surface area (Å²) in [5.41, 5.74) is 8.91. The minimum Gasteiger partial charge on any atom is -0.341 e. The Morgan fingerprint density at radius 1 is 1.12 bits per heavy atom. The molecule has 1 amide bonds. The average Bonchev–Trinajstić information content (AvgIpc) is 3.13. The van der Waals surface area contributed by atoms with E-state index in [9.17, 15) is 4.79 Å². The number of fused-ring (bicyclic) bond motifs is 1. The zero-order valence-electron chi connectivity index (χ0n) is 15.0. The van der Waals surface area contributed by atoms with Crippen molar-refractivity contribution in [1.29, 1.82) is 0 Å². The van der Waals surface area contributed by atoms with Crippen molar-refractivity contribution >= 4 is 11.6 Å². The van der Waals surface area contributed by atoms with Crippen LogP contribution in [0.1, 0.15) is 31.0 Å². The molecule has 134 valence electrons. The smallest absolute Gasteiger partial charge is 0.239 e. The molecule has 1 fully saturated rings. The van der Waals surface area contributed by atoms with Gasteiger partial charge < -0.3 is 15.0 Å². The summed E-state index contributed by atoms with van der Waals surface area (Å²) in [4.78, 5) is 19.1. The molecule has 0 saturated carbocycles. The second-order valence-electron chi connectivity index (χ2n) is 7.15. The van der Waals surface area contributed by atoms with Gasteiger partial charge in [-0.2, -0.15) is 0 Å². The Morgan fingerprint density at radius 2 is 1.81 bits per heavy atom. The van der Waals surface area contributed by atoms with Gasteiger partial charge >= 0.3 is 0 Å². The number of nitrogens with two attached hydrogens (primary N) is 1. The van der Waals surface area contributed by atoms with E-state index in [2.05, 4.69) is 34.9 Å². The molecule has 1 saturated heterocycles. The standard InChI is InChI=1S/C21H24N4O/c1-16(22)20(26)24-13-10-21(11-14-24,17-7-3-2-4-8-17)18-15-25-12-6-5-9-19(25)23-18/h2-9,12,15-16H,10-11,13-14,22H2,1H3. The van der Waals surface area contributed by atoms with Crippen molar-refractivity contribution in [2.24, 2.45) is 5.73 Å². The van der Waals surface area contributed by atoms with Crippen LogP contribution in [0, 0.1) is 0 Å². The second-order valence-corrected chi connectivity index (χ2v) is 7.15. The van der Waals surface area contributed by atoms with Gasteiger partial charge in [-0.1, -0.05) is 36.4 Å². The van der Waals surface area contributed by atoms with Gasteiger partial charge in [0.05, 0.1) is 11.7 Å². The Bertz CT molecular complexity index is 875. The summed E-state index contributed by atoms with van der Waals surface area (Å²) in [5, 5.41) is 0. The van der Waals surface area contributed by atoms with E-state index >= 15 is 0 Å². The highest BCUT2D eigenvalue weighted by Crippen LogP contribution is 2.41. The summed E-state index contributed by atoms with van der Waals surface area (Å²) < 4.78 is 2.07. The lowest BCUT2D eigenvalue weighted by molar-refractivity contribution is -0.133. The molecule has 3 aromatic rings. The fraction of sp³-hybridized carbons (Fsp3) is 0.333. The highest BCUT2D eigenvalue weighted by Gasteiger charge is 2.41. The summed E-state index contributed by atoms with van der Waals surface area (Å²) >= 11 is 0. The lowest BCUT2D eigenvalue weighted by Gasteiger charge is -2.41. The molecule has 3 heterocycles. The van der Waals surface area contributed by atoms with Gasteiger partial charge in [0.25, 0.3) is 0 Å². The van der Waals surface area contributed by atoms with Crippen molar-refractivity contribution in [2.45, 2.75) is 31.2 Å². The molecule has 0 bridgehead atoms. The molecule has 0 spiro atoms. The van der Waals surface area contributed by atoms with Crippen LogP contribution in [0.25, 0.3) is 5.65 Å². The second kappa shape index (κ2) is 6.57. The number of piperidine rings is 1. The van der Waals surface area contributed by atoms with Crippen molar-refractivity contribution in [2.75, 3.05) is 13.1 Å². The van der Waals surface area contributed by atoms with E-state index in [-0.39, 0.29) is 11.3 Å². The molecule has 4 rings (SSSR count). The molecule has 1 unspecified atom stereocenters. The van der Waals surface area contributed by atoms with Crippen molar-refractivity contribution in [1.82, 2.24) is 14.3 Å². The first-order chi connectivity index (χ1) is 12.6. The Hall–Kier alpha value is -2.66. The third kappa shape index (κ3) is 2.78. The van der Waals surface area contributed by atoms with Gasteiger partial charge in [0.2, 0.25) is 5.91 Å². The molecule has 1 aliphatic heterocycles. The minimum atomic E-state index is -0.450. The fourth-order valence-corrected chi connectivity index (χ4v) is 4.01. The highest BCUT2D eigenvalue weighted by atomic mass is 16.2. The summed E-state index contributed by atoms with van der Waals surface area (Å²) in [6.45, 7) is 3.15. The number of hydrogen-bond donors (Lipinski definition) is 1. The zero-order valence-corrected chi connectivity index (χ0v) is 15.0. The Balaban J connectivity index is 1.74. The van der Waals surface area contributed by atoms with Gasteiger partial charge in [0.1, 0.15) is 5.65 Å². The van der Waals surface area contributed by atoms with Gasteiger partial charge in [0, 0.05) is 30.9 Å². The van der Waals surface area contributed by atoms with E-state index in [1.54, 1.807) is 6.92 Å². The first-order valence-corrected chi connectivity index (χ1v) is 9.14. The van der Waals surface area contributed by atoms with Crippen molar-refractivity contribution in [3.63, 3.8) is 0 Å². The van der Waals surface area contributed by atoms with Crippen LogP contribution < -0.4 is 5.73 Å². The zero-order chi connectivity index (χ0) is 18.1. The fourth-order valence-electron chi connectivity index (χ4n) is 4.01. The number of likely N-dealkylation sites (tertiary alicyclic amines) is 1. The van der Waals surface area contributed by atoms with Crippen LogP contribution in [0.4, 0.5) is 0 Å². The molecular formula is C21H24N4O. The molecule has 0 aliphatic carbocycles. The highest BCUT2D eigenvalue weighted by molar-refractivity contribution is 5.81. The van der Waals surface area contributed by atoms with Gasteiger partial charge in [-0.05, 0) is 37.5 Å². The quantitative estimate of drug-likeness (QED) is 0.791. The lowest BCUT2D eigenvalue weighted by Crippen LogP contribution is -2.50. The van der Waals surface area contributed by atoms with E-state index < -0.39 is 6.04 Å².